The van der Waals surface area contributed by atoms with Gasteiger partial charge in [-0.05, 0) is 37.8 Å². The number of hydrogen-bond donors (Lipinski definition) is 2. The number of carbonyl (C=O) groups is 1. The second-order valence-corrected chi connectivity index (χ2v) is 9.52. The second kappa shape index (κ2) is 7.65. The minimum Gasteiger partial charge on any atom is -0.497 e. The van der Waals surface area contributed by atoms with Crippen LogP contribution < -0.4 is 15.4 Å². The molecule has 1 saturated carbocycles. The fraction of sp³-hybridized carbons (Fsp3) is 0.611. The molecule has 2 N–H and O–H groups in total. The van der Waals surface area contributed by atoms with Crippen LogP contribution in [-0.2, 0) is 15.0 Å². The van der Waals surface area contributed by atoms with Gasteiger partial charge in [-0.1, -0.05) is 6.07 Å². The highest BCUT2D eigenvalue weighted by atomic mass is 32.2. The normalized spacial score (nSPS) is 20.3. The topological polar surface area (TPSA) is 91.0 Å². The number of carbonyl (C=O) groups excluding carboxylic acids is 1. The second-order valence-electron chi connectivity index (χ2n) is 7.38. The van der Waals surface area contributed by atoms with Crippen LogP contribution in [0.1, 0.15) is 25.7 Å². The van der Waals surface area contributed by atoms with E-state index in [2.05, 4.69) is 10.6 Å². The number of nitrogens with one attached hydrogen (secondary N) is 2. The lowest BCUT2D eigenvalue weighted by molar-refractivity contribution is -0.126. The van der Waals surface area contributed by atoms with Gasteiger partial charge in [-0.2, -0.15) is 17.0 Å². The van der Waals surface area contributed by atoms with E-state index in [1.165, 1.54) is 22.7 Å². The number of benzene rings is 1. The summed E-state index contributed by atoms with van der Waals surface area (Å²) in [4.78, 5) is 13.0. The van der Waals surface area contributed by atoms with Gasteiger partial charge in [-0.3, -0.25) is 4.79 Å². The van der Waals surface area contributed by atoms with Gasteiger partial charge in [0.1, 0.15) is 11.3 Å². The molecule has 0 atom stereocenters. The summed E-state index contributed by atoms with van der Waals surface area (Å²) in [6.45, 7) is 0.575. The molecule has 0 bridgehead atoms. The highest BCUT2D eigenvalue weighted by molar-refractivity contribution is 7.86. The Kier molecular flexibility index (Phi) is 5.64. The molecule has 1 amide bonds. The molecule has 1 saturated heterocycles. The van der Waals surface area contributed by atoms with E-state index in [4.69, 9.17) is 4.74 Å². The molecule has 2 aliphatic rings. The van der Waals surface area contributed by atoms with E-state index in [9.17, 15) is 13.2 Å². The summed E-state index contributed by atoms with van der Waals surface area (Å²) in [6, 6.07) is 7.67. The van der Waals surface area contributed by atoms with Gasteiger partial charge in [0.2, 0.25) is 5.91 Å². The molecule has 0 spiro atoms. The van der Waals surface area contributed by atoms with E-state index >= 15 is 0 Å². The Bertz CT molecular complexity index is 784. The number of rotatable bonds is 7. The first-order valence-electron chi connectivity index (χ1n) is 9.18. The molecular weight excluding hydrogens is 368 g/mol. The van der Waals surface area contributed by atoms with Crippen molar-refractivity contribution in [2.75, 3.05) is 39.6 Å². The van der Waals surface area contributed by atoms with Crippen LogP contribution in [0.15, 0.2) is 24.3 Å². The van der Waals surface area contributed by atoms with Crippen LogP contribution >= 0.6 is 0 Å². The number of ether oxygens (including phenoxy) is 1. The van der Waals surface area contributed by atoms with Gasteiger partial charge < -0.3 is 15.4 Å². The van der Waals surface area contributed by atoms with Crippen molar-refractivity contribution in [1.29, 1.82) is 0 Å². The lowest BCUT2D eigenvalue weighted by Gasteiger charge is -2.41. The van der Waals surface area contributed by atoms with E-state index in [0.29, 0.717) is 18.6 Å². The lowest BCUT2D eigenvalue weighted by Crippen LogP contribution is -2.60. The molecule has 1 aromatic carbocycles. The molecule has 0 radical (unpaired) electrons. The SMILES string of the molecule is COc1cccc(NC2(C(=O)NC3CC3)CCN(S(=O)(=O)N(C)C)CC2)c1. The van der Waals surface area contributed by atoms with E-state index in [-0.39, 0.29) is 25.0 Å². The fourth-order valence-electron chi connectivity index (χ4n) is 3.27. The van der Waals surface area contributed by atoms with Crippen molar-refractivity contribution in [3.63, 3.8) is 0 Å². The summed E-state index contributed by atoms with van der Waals surface area (Å²) in [5.74, 6) is 0.639. The number of amides is 1. The quantitative estimate of drug-likeness (QED) is 0.718. The molecule has 1 aliphatic carbocycles. The minimum atomic E-state index is -3.48. The third-order valence-electron chi connectivity index (χ3n) is 5.16. The van der Waals surface area contributed by atoms with Gasteiger partial charge in [0, 0.05) is 45.0 Å². The van der Waals surface area contributed by atoms with E-state index in [1.807, 2.05) is 24.3 Å². The summed E-state index contributed by atoms with van der Waals surface area (Å²) in [5, 5.41) is 6.45. The van der Waals surface area contributed by atoms with Crippen molar-refractivity contribution in [1.82, 2.24) is 13.9 Å². The number of hydrogen-bond acceptors (Lipinski definition) is 5. The maximum atomic E-state index is 13.0. The summed E-state index contributed by atoms with van der Waals surface area (Å²) >= 11 is 0. The fourth-order valence-corrected chi connectivity index (χ4v) is 4.37. The largest absolute Gasteiger partial charge is 0.497 e. The number of nitrogens with zero attached hydrogens (tertiary/aromatic N) is 2. The Morgan fingerprint density at radius 1 is 1.26 bits per heavy atom. The molecule has 8 nitrogen and oxygen atoms in total. The summed E-state index contributed by atoms with van der Waals surface area (Å²) in [5.41, 5.74) is -0.0583. The molecule has 9 heteroatoms. The first-order chi connectivity index (χ1) is 12.8. The average Bonchev–Trinajstić information content (AvgIpc) is 3.46. The molecule has 2 fully saturated rings. The highest BCUT2D eigenvalue weighted by Crippen LogP contribution is 2.31. The van der Waals surface area contributed by atoms with Gasteiger partial charge in [0.05, 0.1) is 7.11 Å². The van der Waals surface area contributed by atoms with Crippen LogP contribution in [0.2, 0.25) is 0 Å². The molecule has 1 aromatic rings. The van der Waals surface area contributed by atoms with Crippen LogP contribution in [-0.4, -0.2) is 68.8 Å². The van der Waals surface area contributed by atoms with Crippen molar-refractivity contribution in [2.45, 2.75) is 37.3 Å². The van der Waals surface area contributed by atoms with Crippen molar-refractivity contribution in [2.24, 2.45) is 0 Å². The zero-order valence-electron chi connectivity index (χ0n) is 16.1. The first kappa shape index (κ1) is 19.9. The summed E-state index contributed by atoms with van der Waals surface area (Å²) in [6.07, 6.45) is 2.80. The number of methoxy groups -OCH3 is 1. The Labute approximate surface area is 161 Å². The van der Waals surface area contributed by atoms with E-state index < -0.39 is 15.7 Å². The van der Waals surface area contributed by atoms with Crippen molar-refractivity contribution in [3.05, 3.63) is 24.3 Å². The Hall–Kier alpha value is -1.84. The summed E-state index contributed by atoms with van der Waals surface area (Å²) in [7, 11) is 1.15. The minimum absolute atomic E-state index is 0.0604. The van der Waals surface area contributed by atoms with Crippen molar-refractivity contribution >= 4 is 21.8 Å². The van der Waals surface area contributed by atoms with Gasteiger partial charge in [0.15, 0.2) is 0 Å². The van der Waals surface area contributed by atoms with Crippen LogP contribution in [0.5, 0.6) is 5.75 Å². The Morgan fingerprint density at radius 2 is 1.93 bits per heavy atom. The van der Waals surface area contributed by atoms with Crippen molar-refractivity contribution in [3.8, 4) is 5.75 Å². The van der Waals surface area contributed by atoms with Gasteiger partial charge >= 0.3 is 0 Å². The number of anilines is 1. The third kappa shape index (κ3) is 4.36. The predicted molar refractivity (Wildman–Crippen MR) is 104 cm³/mol. The van der Waals surface area contributed by atoms with Crippen LogP contribution in [0.4, 0.5) is 5.69 Å². The maximum Gasteiger partial charge on any atom is 0.281 e. The Balaban J connectivity index is 1.80. The molecule has 27 heavy (non-hydrogen) atoms. The van der Waals surface area contributed by atoms with Crippen LogP contribution in [0.25, 0.3) is 0 Å². The van der Waals surface area contributed by atoms with E-state index in [0.717, 1.165) is 18.5 Å². The van der Waals surface area contributed by atoms with Gasteiger partial charge in [-0.25, -0.2) is 0 Å². The summed E-state index contributed by atoms with van der Waals surface area (Å²) < 4.78 is 32.7. The maximum absolute atomic E-state index is 13.0. The standard InChI is InChI=1S/C18H28N4O4S/c1-21(2)27(24,25)22-11-9-18(10-12-22,17(23)19-14-7-8-14)20-15-5-4-6-16(13-15)26-3/h4-6,13-14,20H,7-12H2,1-3H3,(H,19,23). The molecule has 0 aromatic heterocycles. The molecule has 0 unspecified atom stereocenters. The van der Waals surface area contributed by atoms with Crippen LogP contribution in [0, 0.1) is 0 Å². The molecule has 150 valence electrons. The van der Waals surface area contributed by atoms with Gasteiger partial charge in [-0.15, -0.1) is 0 Å². The number of piperidine rings is 1. The molecule has 1 aliphatic heterocycles. The zero-order valence-corrected chi connectivity index (χ0v) is 16.9. The zero-order chi connectivity index (χ0) is 19.7. The predicted octanol–water partition coefficient (Wildman–Crippen LogP) is 1.03. The lowest BCUT2D eigenvalue weighted by atomic mass is 9.86. The van der Waals surface area contributed by atoms with E-state index in [1.54, 1.807) is 7.11 Å². The molecule has 1 heterocycles. The van der Waals surface area contributed by atoms with Crippen LogP contribution in [0.3, 0.4) is 0 Å². The molecule has 3 rings (SSSR count). The highest BCUT2D eigenvalue weighted by Gasteiger charge is 2.45. The molecular formula is C18H28N4O4S. The smallest absolute Gasteiger partial charge is 0.281 e. The third-order valence-corrected chi connectivity index (χ3v) is 7.10. The van der Waals surface area contributed by atoms with Crippen molar-refractivity contribution < 1.29 is 17.9 Å². The average molecular weight is 397 g/mol. The first-order valence-corrected chi connectivity index (χ1v) is 10.6. The Morgan fingerprint density at radius 3 is 2.48 bits per heavy atom. The monoisotopic (exact) mass is 396 g/mol. The van der Waals surface area contributed by atoms with Gasteiger partial charge in [0.25, 0.3) is 10.2 Å².